The van der Waals surface area contributed by atoms with E-state index >= 15 is 0 Å². The van der Waals surface area contributed by atoms with E-state index in [0.717, 1.165) is 6.54 Å². The van der Waals surface area contributed by atoms with Gasteiger partial charge in [-0.15, -0.1) is 0 Å². The van der Waals surface area contributed by atoms with Crippen molar-refractivity contribution in [3.8, 4) is 0 Å². The SMILES string of the molecule is CC1(C)CCN(Cc2ccccc2CN)CCS1. The zero-order valence-corrected chi connectivity index (χ0v) is 12.3. The minimum absolute atomic E-state index is 0.433. The highest BCUT2D eigenvalue weighted by Crippen LogP contribution is 2.31. The second-order valence-corrected chi connectivity index (χ2v) is 7.41. The molecule has 1 heterocycles. The van der Waals surface area contributed by atoms with Crippen LogP contribution in [-0.2, 0) is 13.1 Å². The first kappa shape index (κ1) is 13.9. The van der Waals surface area contributed by atoms with Crippen molar-refractivity contribution in [3.63, 3.8) is 0 Å². The van der Waals surface area contributed by atoms with Crippen molar-refractivity contribution < 1.29 is 0 Å². The summed E-state index contributed by atoms with van der Waals surface area (Å²) in [6.45, 7) is 8.78. The average Bonchev–Trinajstić information content (AvgIpc) is 2.52. The summed E-state index contributed by atoms with van der Waals surface area (Å²) in [5.41, 5.74) is 8.49. The molecule has 0 saturated carbocycles. The van der Waals surface area contributed by atoms with Crippen molar-refractivity contribution in [1.82, 2.24) is 4.90 Å². The Labute approximate surface area is 115 Å². The van der Waals surface area contributed by atoms with Crippen molar-refractivity contribution >= 4 is 11.8 Å². The number of nitrogens with two attached hydrogens (primary N) is 1. The van der Waals surface area contributed by atoms with Gasteiger partial charge in [0.2, 0.25) is 0 Å². The van der Waals surface area contributed by atoms with Crippen LogP contribution in [0, 0.1) is 0 Å². The highest BCUT2D eigenvalue weighted by atomic mass is 32.2. The maximum Gasteiger partial charge on any atom is 0.0237 e. The minimum atomic E-state index is 0.433. The Morgan fingerprint density at radius 3 is 2.67 bits per heavy atom. The van der Waals surface area contributed by atoms with Gasteiger partial charge in [-0.25, -0.2) is 0 Å². The molecule has 1 fully saturated rings. The molecule has 0 atom stereocenters. The van der Waals surface area contributed by atoms with Crippen LogP contribution in [0.2, 0.25) is 0 Å². The highest BCUT2D eigenvalue weighted by molar-refractivity contribution is 8.00. The fraction of sp³-hybridized carbons (Fsp3) is 0.600. The lowest BCUT2D eigenvalue weighted by atomic mass is 10.1. The Morgan fingerprint density at radius 1 is 1.22 bits per heavy atom. The van der Waals surface area contributed by atoms with E-state index in [9.17, 15) is 0 Å². The number of hydrogen-bond donors (Lipinski definition) is 1. The largest absolute Gasteiger partial charge is 0.326 e. The molecule has 1 aromatic rings. The third-order valence-corrected chi connectivity index (χ3v) is 5.03. The molecule has 2 nitrogen and oxygen atoms in total. The van der Waals surface area contributed by atoms with E-state index in [0.29, 0.717) is 11.3 Å². The van der Waals surface area contributed by atoms with Gasteiger partial charge < -0.3 is 5.73 Å². The van der Waals surface area contributed by atoms with Crippen LogP contribution in [0.5, 0.6) is 0 Å². The normalized spacial score (nSPS) is 20.6. The molecule has 1 aromatic carbocycles. The van der Waals surface area contributed by atoms with Gasteiger partial charge in [-0.3, -0.25) is 4.90 Å². The van der Waals surface area contributed by atoms with Crippen LogP contribution in [0.3, 0.4) is 0 Å². The molecule has 0 aliphatic carbocycles. The summed E-state index contributed by atoms with van der Waals surface area (Å²) in [5, 5.41) is 0. The van der Waals surface area contributed by atoms with Crippen molar-refractivity contribution in [3.05, 3.63) is 35.4 Å². The Kier molecular flexibility index (Phi) is 4.71. The quantitative estimate of drug-likeness (QED) is 0.910. The molecule has 0 spiro atoms. The fourth-order valence-corrected chi connectivity index (χ4v) is 3.51. The van der Waals surface area contributed by atoms with Crippen LogP contribution in [0.15, 0.2) is 24.3 Å². The third-order valence-electron chi connectivity index (χ3n) is 3.66. The first-order valence-electron chi connectivity index (χ1n) is 6.74. The van der Waals surface area contributed by atoms with Crippen LogP contribution in [0.25, 0.3) is 0 Å². The Balaban J connectivity index is 2.01. The molecule has 3 heteroatoms. The van der Waals surface area contributed by atoms with Gasteiger partial charge in [0, 0.05) is 30.1 Å². The van der Waals surface area contributed by atoms with E-state index in [1.807, 2.05) is 0 Å². The van der Waals surface area contributed by atoms with E-state index in [1.165, 1.54) is 36.4 Å². The van der Waals surface area contributed by atoms with Crippen LogP contribution in [0.1, 0.15) is 31.4 Å². The highest BCUT2D eigenvalue weighted by Gasteiger charge is 2.23. The summed E-state index contributed by atoms with van der Waals surface area (Å²) in [7, 11) is 0. The Hall–Kier alpha value is -0.510. The van der Waals surface area contributed by atoms with E-state index in [1.54, 1.807) is 0 Å². The smallest absolute Gasteiger partial charge is 0.0237 e. The summed E-state index contributed by atoms with van der Waals surface area (Å²) in [5.74, 6) is 1.23. The van der Waals surface area contributed by atoms with Gasteiger partial charge in [-0.05, 0) is 24.1 Å². The summed E-state index contributed by atoms with van der Waals surface area (Å²) in [6.07, 6.45) is 1.27. The second kappa shape index (κ2) is 6.09. The van der Waals surface area contributed by atoms with E-state index in [2.05, 4.69) is 54.8 Å². The Morgan fingerprint density at radius 2 is 1.94 bits per heavy atom. The van der Waals surface area contributed by atoms with Crippen LogP contribution in [-0.4, -0.2) is 28.5 Å². The molecule has 2 N–H and O–H groups in total. The molecule has 2 rings (SSSR count). The van der Waals surface area contributed by atoms with E-state index in [-0.39, 0.29) is 0 Å². The molecule has 0 bridgehead atoms. The molecule has 0 aromatic heterocycles. The van der Waals surface area contributed by atoms with E-state index < -0.39 is 0 Å². The molecule has 1 saturated heterocycles. The van der Waals surface area contributed by atoms with Gasteiger partial charge in [0.15, 0.2) is 0 Å². The molecular weight excluding hydrogens is 240 g/mol. The lowest BCUT2D eigenvalue weighted by Crippen LogP contribution is -2.27. The van der Waals surface area contributed by atoms with Crippen molar-refractivity contribution in [2.45, 2.75) is 38.1 Å². The van der Waals surface area contributed by atoms with Gasteiger partial charge in [-0.2, -0.15) is 11.8 Å². The minimum Gasteiger partial charge on any atom is -0.326 e. The molecule has 0 amide bonds. The fourth-order valence-electron chi connectivity index (χ4n) is 2.37. The molecule has 100 valence electrons. The Bertz CT molecular complexity index is 390. The second-order valence-electron chi connectivity index (χ2n) is 5.61. The molecule has 0 radical (unpaired) electrons. The zero-order valence-electron chi connectivity index (χ0n) is 11.5. The van der Waals surface area contributed by atoms with Crippen LogP contribution < -0.4 is 5.73 Å². The maximum atomic E-state index is 5.81. The first-order chi connectivity index (χ1) is 8.61. The van der Waals surface area contributed by atoms with Gasteiger partial charge >= 0.3 is 0 Å². The molecule has 0 unspecified atom stereocenters. The molecule has 1 aliphatic heterocycles. The van der Waals surface area contributed by atoms with Crippen molar-refractivity contribution in [2.24, 2.45) is 5.73 Å². The first-order valence-corrected chi connectivity index (χ1v) is 7.72. The maximum absolute atomic E-state index is 5.81. The van der Waals surface area contributed by atoms with Gasteiger partial charge in [-0.1, -0.05) is 38.1 Å². The summed E-state index contributed by atoms with van der Waals surface area (Å²) < 4.78 is 0.433. The molecular formula is C15H24N2S. The summed E-state index contributed by atoms with van der Waals surface area (Å²) in [6, 6.07) is 8.55. The third kappa shape index (κ3) is 3.74. The number of rotatable bonds is 3. The lowest BCUT2D eigenvalue weighted by molar-refractivity contribution is 0.275. The lowest BCUT2D eigenvalue weighted by Gasteiger charge is -2.23. The molecule has 1 aliphatic rings. The van der Waals surface area contributed by atoms with E-state index in [4.69, 9.17) is 5.73 Å². The van der Waals surface area contributed by atoms with Gasteiger partial charge in [0.25, 0.3) is 0 Å². The van der Waals surface area contributed by atoms with Crippen molar-refractivity contribution in [1.29, 1.82) is 0 Å². The number of thioether (sulfide) groups is 1. The summed E-state index contributed by atoms with van der Waals surface area (Å²) >= 11 is 2.10. The summed E-state index contributed by atoms with van der Waals surface area (Å²) in [4.78, 5) is 2.57. The van der Waals surface area contributed by atoms with Crippen molar-refractivity contribution in [2.75, 3.05) is 18.8 Å². The number of hydrogen-bond acceptors (Lipinski definition) is 3. The predicted octanol–water partition coefficient (Wildman–Crippen LogP) is 2.86. The topological polar surface area (TPSA) is 29.3 Å². The van der Waals surface area contributed by atoms with Crippen LogP contribution >= 0.6 is 11.8 Å². The monoisotopic (exact) mass is 264 g/mol. The number of benzene rings is 1. The molecule has 18 heavy (non-hydrogen) atoms. The zero-order chi connectivity index (χ0) is 13.0. The van der Waals surface area contributed by atoms with Crippen LogP contribution in [0.4, 0.5) is 0 Å². The van der Waals surface area contributed by atoms with Gasteiger partial charge in [0.1, 0.15) is 0 Å². The average molecular weight is 264 g/mol. The number of nitrogens with zero attached hydrogens (tertiary/aromatic N) is 1. The van der Waals surface area contributed by atoms with Gasteiger partial charge in [0.05, 0.1) is 0 Å². The predicted molar refractivity (Wildman–Crippen MR) is 80.8 cm³/mol. The standard InChI is InChI=1S/C15H24N2S/c1-15(2)7-8-17(9-10-18-15)12-14-6-4-3-5-13(14)11-16/h3-6H,7-12,16H2,1-2H3.